The highest BCUT2D eigenvalue weighted by molar-refractivity contribution is 4.95. The molecule has 0 unspecified atom stereocenters. The highest BCUT2D eigenvalue weighted by Gasteiger charge is 2.27. The van der Waals surface area contributed by atoms with Crippen molar-refractivity contribution in [3.8, 4) is 0 Å². The van der Waals surface area contributed by atoms with E-state index in [1.807, 2.05) is 0 Å². The third-order valence-corrected chi connectivity index (χ3v) is 7.07. The Morgan fingerprint density at radius 1 is 0.815 bits per heavy atom. The van der Waals surface area contributed by atoms with Crippen LogP contribution >= 0.6 is 0 Å². The first-order valence-electron chi connectivity index (χ1n) is 11.4. The zero-order chi connectivity index (χ0) is 18.5. The quantitative estimate of drug-likeness (QED) is 0.741. The van der Waals surface area contributed by atoms with Crippen molar-refractivity contribution in [3.63, 3.8) is 0 Å². The van der Waals surface area contributed by atoms with Gasteiger partial charge in [0.2, 0.25) is 0 Å². The number of likely N-dealkylation sites (tertiary alicyclic amines) is 1. The Morgan fingerprint density at radius 3 is 2.15 bits per heavy atom. The molecule has 1 aromatic heterocycles. The SMILES string of the molecule is CCN1CCN(Cc2cn(C3CCN(C4CCCCCC4)CC3)nn2)CC1. The average Bonchev–Trinajstić information content (AvgIpc) is 3.01. The van der Waals surface area contributed by atoms with Gasteiger partial charge in [-0.05, 0) is 32.2 Å². The van der Waals surface area contributed by atoms with Crippen molar-refractivity contribution in [2.75, 3.05) is 45.8 Å². The Balaban J connectivity index is 1.24. The molecule has 0 bridgehead atoms. The molecule has 0 spiro atoms. The molecule has 0 aromatic carbocycles. The summed E-state index contributed by atoms with van der Waals surface area (Å²) in [5.41, 5.74) is 1.14. The predicted molar refractivity (Wildman–Crippen MR) is 109 cm³/mol. The monoisotopic (exact) mass is 374 g/mol. The first kappa shape index (κ1) is 19.3. The maximum Gasteiger partial charge on any atom is 0.0967 e. The van der Waals surface area contributed by atoms with Crippen molar-refractivity contribution in [2.45, 2.75) is 76.9 Å². The van der Waals surface area contributed by atoms with Crippen LogP contribution in [0.3, 0.4) is 0 Å². The molecule has 0 atom stereocenters. The van der Waals surface area contributed by atoms with E-state index < -0.39 is 0 Å². The van der Waals surface area contributed by atoms with Crippen LogP contribution in [0.25, 0.3) is 0 Å². The van der Waals surface area contributed by atoms with Gasteiger partial charge in [0.1, 0.15) is 0 Å². The van der Waals surface area contributed by atoms with Crippen LogP contribution in [0, 0.1) is 0 Å². The van der Waals surface area contributed by atoms with Crippen molar-refractivity contribution in [3.05, 3.63) is 11.9 Å². The van der Waals surface area contributed by atoms with Gasteiger partial charge in [-0.25, -0.2) is 4.68 Å². The van der Waals surface area contributed by atoms with Crippen LogP contribution in [-0.4, -0.2) is 81.5 Å². The molecule has 152 valence electrons. The predicted octanol–water partition coefficient (Wildman–Crippen LogP) is 2.78. The molecular weight excluding hydrogens is 336 g/mol. The number of nitrogens with zero attached hydrogens (tertiary/aromatic N) is 6. The lowest BCUT2D eigenvalue weighted by Crippen LogP contribution is -2.45. The van der Waals surface area contributed by atoms with Gasteiger partial charge in [-0.2, -0.15) is 0 Å². The summed E-state index contributed by atoms with van der Waals surface area (Å²) in [5.74, 6) is 0. The maximum atomic E-state index is 4.50. The van der Waals surface area contributed by atoms with Crippen LogP contribution in [0.4, 0.5) is 0 Å². The van der Waals surface area contributed by atoms with Crippen LogP contribution in [0.15, 0.2) is 6.20 Å². The summed E-state index contributed by atoms with van der Waals surface area (Å²) in [6.45, 7) is 11.5. The Bertz CT molecular complexity index is 549. The van der Waals surface area contributed by atoms with Crippen LogP contribution in [0.5, 0.6) is 0 Å². The van der Waals surface area contributed by atoms with Gasteiger partial charge in [0.15, 0.2) is 0 Å². The first-order chi connectivity index (χ1) is 13.3. The van der Waals surface area contributed by atoms with Crippen LogP contribution in [-0.2, 0) is 6.54 Å². The van der Waals surface area contributed by atoms with Gasteiger partial charge in [-0.15, -0.1) is 5.10 Å². The molecular formula is C21H38N6. The minimum absolute atomic E-state index is 0.546. The molecule has 3 aliphatic rings. The van der Waals surface area contributed by atoms with Gasteiger partial charge in [0.05, 0.1) is 17.9 Å². The molecule has 1 saturated carbocycles. The number of hydrogen-bond acceptors (Lipinski definition) is 5. The molecule has 0 N–H and O–H groups in total. The molecule has 0 radical (unpaired) electrons. The molecule has 6 heteroatoms. The number of aromatic nitrogens is 3. The number of piperazine rings is 1. The molecule has 1 aromatic rings. The summed E-state index contributed by atoms with van der Waals surface area (Å²) in [5, 5.41) is 8.99. The fourth-order valence-electron chi connectivity index (χ4n) is 5.20. The number of piperidine rings is 1. The van der Waals surface area contributed by atoms with Gasteiger partial charge in [-0.3, -0.25) is 4.90 Å². The summed E-state index contributed by atoms with van der Waals surface area (Å²) in [4.78, 5) is 7.82. The number of rotatable bonds is 5. The van der Waals surface area contributed by atoms with Crippen molar-refractivity contribution in [1.29, 1.82) is 0 Å². The molecule has 3 heterocycles. The van der Waals surface area contributed by atoms with E-state index in [4.69, 9.17) is 0 Å². The summed E-state index contributed by atoms with van der Waals surface area (Å²) in [7, 11) is 0. The summed E-state index contributed by atoms with van der Waals surface area (Å²) < 4.78 is 2.17. The highest BCUT2D eigenvalue weighted by atomic mass is 15.4. The van der Waals surface area contributed by atoms with Crippen LogP contribution < -0.4 is 0 Å². The Hall–Kier alpha value is -0.980. The second-order valence-electron chi connectivity index (χ2n) is 8.81. The summed E-state index contributed by atoms with van der Waals surface area (Å²) in [6.07, 6.45) is 13.3. The molecule has 0 amide bonds. The fraction of sp³-hybridized carbons (Fsp3) is 0.905. The van der Waals surface area contributed by atoms with Gasteiger partial charge in [0.25, 0.3) is 0 Å². The Labute approximate surface area is 164 Å². The average molecular weight is 375 g/mol. The van der Waals surface area contributed by atoms with E-state index in [2.05, 4.69) is 42.8 Å². The first-order valence-corrected chi connectivity index (χ1v) is 11.4. The molecule has 1 aliphatic carbocycles. The lowest BCUT2D eigenvalue weighted by Gasteiger charge is -2.37. The van der Waals surface area contributed by atoms with Crippen LogP contribution in [0.2, 0.25) is 0 Å². The van der Waals surface area contributed by atoms with Gasteiger partial charge in [-0.1, -0.05) is 37.8 Å². The third-order valence-electron chi connectivity index (χ3n) is 7.07. The largest absolute Gasteiger partial charge is 0.301 e. The van der Waals surface area contributed by atoms with Crippen molar-refractivity contribution in [2.24, 2.45) is 0 Å². The topological polar surface area (TPSA) is 40.4 Å². The van der Waals surface area contributed by atoms with Crippen molar-refractivity contribution in [1.82, 2.24) is 29.7 Å². The third kappa shape index (κ3) is 5.09. The number of hydrogen-bond donors (Lipinski definition) is 0. The second kappa shape index (κ2) is 9.48. The molecule has 4 rings (SSSR count). The zero-order valence-electron chi connectivity index (χ0n) is 17.2. The fourth-order valence-corrected chi connectivity index (χ4v) is 5.20. The van der Waals surface area contributed by atoms with Crippen molar-refractivity contribution < 1.29 is 0 Å². The lowest BCUT2D eigenvalue weighted by atomic mass is 10.00. The van der Waals surface area contributed by atoms with E-state index in [-0.39, 0.29) is 0 Å². The maximum absolute atomic E-state index is 4.50. The van der Waals surface area contributed by atoms with Crippen LogP contribution in [0.1, 0.15) is 70.0 Å². The summed E-state index contributed by atoms with van der Waals surface area (Å²) in [6, 6.07) is 1.40. The summed E-state index contributed by atoms with van der Waals surface area (Å²) >= 11 is 0. The Morgan fingerprint density at radius 2 is 1.48 bits per heavy atom. The highest BCUT2D eigenvalue weighted by Crippen LogP contribution is 2.28. The van der Waals surface area contributed by atoms with Gasteiger partial charge in [0, 0.05) is 51.9 Å². The van der Waals surface area contributed by atoms with E-state index in [1.54, 1.807) is 0 Å². The standard InChI is InChI=1S/C21H38N6/c1-2-24-13-15-25(16-14-24)17-19-18-27(23-22-19)21-9-11-26(12-10-21)20-7-5-3-4-6-8-20/h18,20-21H,2-17H2,1H3. The van der Waals surface area contributed by atoms with E-state index >= 15 is 0 Å². The molecule has 6 nitrogen and oxygen atoms in total. The second-order valence-corrected chi connectivity index (χ2v) is 8.81. The molecule has 3 fully saturated rings. The smallest absolute Gasteiger partial charge is 0.0967 e. The normalized spacial score (nSPS) is 25.7. The minimum atomic E-state index is 0.546. The molecule has 2 saturated heterocycles. The Kier molecular flexibility index (Phi) is 6.79. The van der Waals surface area contributed by atoms with Crippen molar-refractivity contribution >= 4 is 0 Å². The minimum Gasteiger partial charge on any atom is -0.301 e. The lowest BCUT2D eigenvalue weighted by molar-refractivity contribution is 0.119. The van der Waals surface area contributed by atoms with Gasteiger partial charge >= 0.3 is 0 Å². The zero-order valence-corrected chi connectivity index (χ0v) is 17.2. The van der Waals surface area contributed by atoms with E-state index in [0.29, 0.717) is 6.04 Å². The number of likely N-dealkylation sites (N-methyl/N-ethyl adjacent to an activating group) is 1. The molecule has 27 heavy (non-hydrogen) atoms. The van der Waals surface area contributed by atoms with E-state index in [9.17, 15) is 0 Å². The van der Waals surface area contributed by atoms with E-state index in [1.165, 1.54) is 84.1 Å². The van der Waals surface area contributed by atoms with Gasteiger partial charge < -0.3 is 9.80 Å². The molecule has 2 aliphatic heterocycles. The van der Waals surface area contributed by atoms with E-state index in [0.717, 1.165) is 31.4 Å².